The quantitative estimate of drug-likeness (QED) is 0.249. The highest BCUT2D eigenvalue weighted by molar-refractivity contribution is 5.90. The van der Waals surface area contributed by atoms with Crippen LogP contribution in [0.25, 0.3) is 0 Å². The maximum atomic E-state index is 4.69. The molecular formula is C18H33N5. The third-order valence-corrected chi connectivity index (χ3v) is 4.01. The molecule has 5 nitrogen and oxygen atoms in total. The van der Waals surface area contributed by atoms with Gasteiger partial charge < -0.3 is 0 Å². The van der Waals surface area contributed by atoms with Crippen molar-refractivity contribution in [2.24, 2.45) is 9.98 Å². The maximum absolute atomic E-state index is 4.69. The first-order valence-electron chi connectivity index (χ1n) is 8.62. The van der Waals surface area contributed by atoms with Gasteiger partial charge in [-0.2, -0.15) is 0 Å². The van der Waals surface area contributed by atoms with Crippen LogP contribution in [0.15, 0.2) is 34.3 Å². The Hall–Kier alpha value is -1.46. The van der Waals surface area contributed by atoms with Gasteiger partial charge in [-0.1, -0.05) is 24.3 Å². The highest BCUT2D eigenvalue weighted by Crippen LogP contribution is 2.05. The summed E-state index contributed by atoms with van der Waals surface area (Å²) < 4.78 is 0. The molecule has 1 rings (SSSR count). The minimum atomic E-state index is 0.118. The molecule has 0 aliphatic heterocycles. The lowest BCUT2D eigenvalue weighted by molar-refractivity contribution is 0.333. The van der Waals surface area contributed by atoms with Crippen molar-refractivity contribution in [2.75, 3.05) is 20.3 Å². The van der Waals surface area contributed by atoms with Crippen LogP contribution < -0.4 is 10.7 Å². The Kier molecular flexibility index (Phi) is 9.48. The van der Waals surface area contributed by atoms with Crippen LogP contribution >= 0.6 is 0 Å². The van der Waals surface area contributed by atoms with Crippen LogP contribution in [0.1, 0.15) is 47.0 Å². The summed E-state index contributed by atoms with van der Waals surface area (Å²) >= 11 is 0. The van der Waals surface area contributed by atoms with E-state index in [1.165, 1.54) is 0 Å². The summed E-state index contributed by atoms with van der Waals surface area (Å²) in [7, 11) is 2.00. The van der Waals surface area contributed by atoms with Gasteiger partial charge in [0, 0.05) is 25.3 Å². The average Bonchev–Trinajstić information content (AvgIpc) is 2.49. The molecule has 0 aromatic heterocycles. The third-order valence-electron chi connectivity index (χ3n) is 4.01. The maximum Gasteiger partial charge on any atom is 0.110 e. The second kappa shape index (κ2) is 11.1. The number of hydrazine groups is 1. The minimum absolute atomic E-state index is 0.118. The van der Waals surface area contributed by atoms with Crippen molar-refractivity contribution in [3.05, 3.63) is 24.3 Å². The average molecular weight is 319 g/mol. The van der Waals surface area contributed by atoms with Crippen molar-refractivity contribution in [2.45, 2.75) is 59.0 Å². The Balaban J connectivity index is 2.38. The van der Waals surface area contributed by atoms with Gasteiger partial charge in [-0.25, -0.2) is 5.43 Å². The highest BCUT2D eigenvalue weighted by Gasteiger charge is 2.08. The molecule has 1 aliphatic carbocycles. The molecule has 0 bridgehead atoms. The molecule has 1 unspecified atom stereocenters. The number of hydrogen-bond donors (Lipinski definition) is 2. The Labute approximate surface area is 141 Å². The number of rotatable bonds is 7. The Morgan fingerprint density at radius 3 is 2.83 bits per heavy atom. The van der Waals surface area contributed by atoms with E-state index in [-0.39, 0.29) is 6.04 Å². The van der Waals surface area contributed by atoms with Crippen LogP contribution in [-0.4, -0.2) is 48.9 Å². The number of nitrogens with one attached hydrogen (secondary N) is 2. The van der Waals surface area contributed by atoms with E-state index < -0.39 is 0 Å². The summed E-state index contributed by atoms with van der Waals surface area (Å²) in [5.41, 5.74) is 4.42. The summed E-state index contributed by atoms with van der Waals surface area (Å²) in [6, 6.07) is 0.545. The van der Waals surface area contributed by atoms with Crippen LogP contribution in [0, 0.1) is 0 Å². The lowest BCUT2D eigenvalue weighted by Gasteiger charge is -2.23. The summed E-state index contributed by atoms with van der Waals surface area (Å²) in [5, 5.41) is 5.49. The van der Waals surface area contributed by atoms with Crippen molar-refractivity contribution < 1.29 is 0 Å². The zero-order valence-corrected chi connectivity index (χ0v) is 15.3. The zero-order valence-electron chi connectivity index (χ0n) is 15.3. The summed E-state index contributed by atoms with van der Waals surface area (Å²) in [6.45, 7) is 9.71. The van der Waals surface area contributed by atoms with E-state index in [0.29, 0.717) is 6.04 Å². The normalized spacial score (nSPS) is 23.8. The number of nitrogens with zero attached hydrogens (tertiary/aromatic N) is 3. The molecular weight excluding hydrogens is 286 g/mol. The van der Waals surface area contributed by atoms with Gasteiger partial charge in [-0.05, 0) is 47.0 Å². The van der Waals surface area contributed by atoms with E-state index in [2.05, 4.69) is 52.0 Å². The standard InChI is InChI=1S/C18H33N5/c1-6-19-15(2)16(3)22-17(4)23(5)21-14-20-18-12-10-8-7-9-11-13-18/h7-8,11,13,16,18,20-21H,6,9-10,12,14H2,1-5H3/b8-7-,13-11-,19-15-,22-17+/t16?,18-/m1/s1. The fraction of sp³-hybridized carbons (Fsp3) is 0.667. The van der Waals surface area contributed by atoms with Crippen LogP contribution in [0.4, 0.5) is 0 Å². The van der Waals surface area contributed by atoms with Gasteiger partial charge in [0.25, 0.3) is 0 Å². The molecule has 0 fully saturated rings. The topological polar surface area (TPSA) is 52.0 Å². The lowest BCUT2D eigenvalue weighted by atomic mass is 10.1. The molecule has 0 aromatic rings. The van der Waals surface area contributed by atoms with E-state index in [0.717, 1.165) is 44.0 Å². The molecule has 0 spiro atoms. The van der Waals surface area contributed by atoms with E-state index in [1.54, 1.807) is 0 Å². The Morgan fingerprint density at radius 2 is 2.09 bits per heavy atom. The van der Waals surface area contributed by atoms with Gasteiger partial charge in [0.05, 0.1) is 12.7 Å². The van der Waals surface area contributed by atoms with Gasteiger partial charge >= 0.3 is 0 Å². The van der Waals surface area contributed by atoms with E-state index in [9.17, 15) is 0 Å². The molecule has 2 N–H and O–H groups in total. The molecule has 0 saturated carbocycles. The highest BCUT2D eigenvalue weighted by atomic mass is 15.5. The van der Waals surface area contributed by atoms with Gasteiger partial charge in [-0.15, -0.1) is 0 Å². The predicted octanol–water partition coefficient (Wildman–Crippen LogP) is 2.92. The smallest absolute Gasteiger partial charge is 0.110 e. The first-order chi connectivity index (χ1) is 11.0. The van der Waals surface area contributed by atoms with Crippen LogP contribution in [0.2, 0.25) is 0 Å². The molecule has 0 radical (unpaired) electrons. The Bertz CT molecular complexity index is 450. The second-order valence-corrected chi connectivity index (χ2v) is 5.89. The van der Waals surface area contributed by atoms with Gasteiger partial charge in [0.2, 0.25) is 0 Å². The zero-order chi connectivity index (χ0) is 17.1. The molecule has 23 heavy (non-hydrogen) atoms. The largest absolute Gasteiger partial charge is 0.298 e. The molecule has 2 atom stereocenters. The van der Waals surface area contributed by atoms with Gasteiger partial charge in [-0.3, -0.25) is 20.3 Å². The second-order valence-electron chi connectivity index (χ2n) is 5.89. The Morgan fingerprint density at radius 1 is 1.30 bits per heavy atom. The number of allylic oxidation sites excluding steroid dienone is 3. The predicted molar refractivity (Wildman–Crippen MR) is 101 cm³/mol. The number of amidine groups is 1. The van der Waals surface area contributed by atoms with Crippen molar-refractivity contribution in [1.29, 1.82) is 0 Å². The fourth-order valence-corrected chi connectivity index (χ4v) is 2.33. The molecule has 130 valence electrons. The van der Waals surface area contributed by atoms with Crippen LogP contribution in [0.5, 0.6) is 0 Å². The van der Waals surface area contributed by atoms with E-state index in [1.807, 2.05) is 32.8 Å². The van der Waals surface area contributed by atoms with Crippen molar-refractivity contribution in [3.63, 3.8) is 0 Å². The van der Waals surface area contributed by atoms with E-state index >= 15 is 0 Å². The molecule has 0 saturated heterocycles. The minimum Gasteiger partial charge on any atom is -0.298 e. The summed E-state index contributed by atoms with van der Waals surface area (Å²) in [6.07, 6.45) is 12.3. The monoisotopic (exact) mass is 319 g/mol. The van der Waals surface area contributed by atoms with Crippen molar-refractivity contribution in [3.8, 4) is 0 Å². The van der Waals surface area contributed by atoms with Crippen LogP contribution in [0.3, 0.4) is 0 Å². The SMILES string of the molecule is CC/N=C(/C)C(C)/N=C(\C)N(C)NCN[C@H]1/C=C\C/C=C\CC1. The first-order valence-corrected chi connectivity index (χ1v) is 8.62. The molecule has 0 amide bonds. The molecule has 5 heteroatoms. The first kappa shape index (κ1) is 19.6. The molecule has 0 aromatic carbocycles. The van der Waals surface area contributed by atoms with Crippen molar-refractivity contribution >= 4 is 11.5 Å². The fourth-order valence-electron chi connectivity index (χ4n) is 2.33. The molecule has 0 heterocycles. The van der Waals surface area contributed by atoms with E-state index in [4.69, 9.17) is 0 Å². The molecule has 1 aliphatic rings. The van der Waals surface area contributed by atoms with Crippen LogP contribution in [-0.2, 0) is 0 Å². The van der Waals surface area contributed by atoms with Gasteiger partial charge in [0.15, 0.2) is 0 Å². The lowest BCUT2D eigenvalue weighted by Crippen LogP contribution is -2.46. The van der Waals surface area contributed by atoms with Crippen molar-refractivity contribution in [1.82, 2.24) is 15.8 Å². The third kappa shape index (κ3) is 8.09. The number of aliphatic imine (C=N–C) groups is 2. The summed E-state index contributed by atoms with van der Waals surface area (Å²) in [4.78, 5) is 9.11. The van der Waals surface area contributed by atoms with Gasteiger partial charge in [0.1, 0.15) is 5.84 Å². The summed E-state index contributed by atoms with van der Waals surface area (Å²) in [5.74, 6) is 0.959. The number of hydrogen-bond acceptors (Lipinski definition) is 4.